The van der Waals surface area contributed by atoms with Crippen molar-refractivity contribution in [2.75, 3.05) is 19.6 Å². The zero-order valence-corrected chi connectivity index (χ0v) is 26.1. The minimum Gasteiger partial charge on any atom is -0.301 e. The number of benzene rings is 4. The Bertz CT molecular complexity index is 2280. The van der Waals surface area contributed by atoms with Gasteiger partial charge in [-0.1, -0.05) is 43.0 Å². The lowest BCUT2D eigenvalue weighted by molar-refractivity contribution is 0.289. The van der Waals surface area contributed by atoms with E-state index in [1.807, 2.05) is 24.3 Å². The summed E-state index contributed by atoms with van der Waals surface area (Å²) in [4.78, 5) is 28.6. The van der Waals surface area contributed by atoms with Crippen LogP contribution >= 0.6 is 0 Å². The van der Waals surface area contributed by atoms with Gasteiger partial charge in [0.25, 0.3) is 0 Å². The van der Waals surface area contributed by atoms with Gasteiger partial charge < -0.3 is 19.6 Å². The molecule has 10 rings (SSSR count). The largest absolute Gasteiger partial charge is 0.301 e. The zero-order chi connectivity index (χ0) is 32.8. The topological polar surface area (TPSA) is 64.5 Å². The van der Waals surface area contributed by atoms with Gasteiger partial charge in [0.05, 0.1) is 5.69 Å². The predicted molar refractivity (Wildman–Crippen MR) is 186 cm³/mol. The van der Waals surface area contributed by atoms with E-state index in [0.29, 0.717) is 18.1 Å². The smallest absolute Gasteiger partial charge is 0.178 e. The minimum atomic E-state index is -0.452. The van der Waals surface area contributed by atoms with Crippen LogP contribution in [0.1, 0.15) is 23.5 Å². The normalized spacial score (nSPS) is 21.5. The molecular formula is C39H28F2N8. The second-order valence-electron chi connectivity index (χ2n) is 12.7. The molecule has 0 bridgehead atoms. The molecule has 0 aliphatic carbocycles. The highest BCUT2D eigenvalue weighted by molar-refractivity contribution is 5.91. The SMILES string of the molecule is C=C1CC2c3ccccc3N3c4nccnc4N(c4ccccc4)C3C2C2N(c3ccc(F)cc3)c3nccnc3N2c2ccc(F)cc21. The van der Waals surface area contributed by atoms with E-state index < -0.39 is 6.17 Å². The number of hydrogen-bond donors (Lipinski definition) is 0. The monoisotopic (exact) mass is 646 g/mol. The molecule has 0 fully saturated rings. The minimum absolute atomic E-state index is 0.105. The van der Waals surface area contributed by atoms with Crippen LogP contribution in [0.2, 0.25) is 0 Å². The lowest BCUT2D eigenvalue weighted by Gasteiger charge is -2.52. The molecule has 0 saturated carbocycles. The number of anilines is 8. The average molecular weight is 647 g/mol. The summed E-state index contributed by atoms with van der Waals surface area (Å²) in [5.41, 5.74) is 6.24. The fourth-order valence-corrected chi connectivity index (χ4v) is 8.42. The van der Waals surface area contributed by atoms with Gasteiger partial charge in [-0.3, -0.25) is 0 Å². The molecule has 2 aromatic heterocycles. The van der Waals surface area contributed by atoms with Gasteiger partial charge in [-0.25, -0.2) is 28.7 Å². The van der Waals surface area contributed by atoms with Crippen LogP contribution in [0.3, 0.4) is 0 Å². The van der Waals surface area contributed by atoms with Crippen molar-refractivity contribution in [2.45, 2.75) is 24.7 Å². The van der Waals surface area contributed by atoms with E-state index in [1.54, 1.807) is 43.0 Å². The van der Waals surface area contributed by atoms with Crippen LogP contribution in [0.25, 0.3) is 5.57 Å². The zero-order valence-electron chi connectivity index (χ0n) is 26.1. The Labute approximate surface area is 281 Å². The molecule has 0 amide bonds. The lowest BCUT2D eigenvalue weighted by atomic mass is 9.71. The highest BCUT2D eigenvalue weighted by Crippen LogP contribution is 2.62. The van der Waals surface area contributed by atoms with E-state index in [2.05, 4.69) is 62.6 Å². The molecule has 4 atom stereocenters. The van der Waals surface area contributed by atoms with Gasteiger partial charge in [-0.05, 0) is 78.2 Å². The Morgan fingerprint density at radius 3 is 1.73 bits per heavy atom. The maximum atomic E-state index is 15.1. The van der Waals surface area contributed by atoms with Gasteiger partial charge in [-0.2, -0.15) is 0 Å². The molecule has 4 aromatic carbocycles. The van der Waals surface area contributed by atoms with Crippen LogP contribution in [0, 0.1) is 17.6 Å². The Morgan fingerprint density at radius 2 is 1.08 bits per heavy atom. The van der Waals surface area contributed by atoms with Crippen molar-refractivity contribution in [3.8, 4) is 0 Å². The van der Waals surface area contributed by atoms with Gasteiger partial charge in [-0.15, -0.1) is 0 Å². The van der Waals surface area contributed by atoms with E-state index in [1.165, 1.54) is 18.2 Å². The van der Waals surface area contributed by atoms with Crippen LogP contribution in [0.4, 0.5) is 54.8 Å². The first-order chi connectivity index (χ1) is 24.1. The number of hydrogen-bond acceptors (Lipinski definition) is 8. The molecule has 49 heavy (non-hydrogen) atoms. The van der Waals surface area contributed by atoms with Crippen molar-refractivity contribution in [3.05, 3.63) is 151 Å². The van der Waals surface area contributed by atoms with Gasteiger partial charge in [0.1, 0.15) is 24.0 Å². The molecule has 0 saturated heterocycles. The Kier molecular flexibility index (Phi) is 5.93. The Hall–Kier alpha value is -6.16. The summed E-state index contributed by atoms with van der Waals surface area (Å²) in [5.74, 6) is 1.78. The van der Waals surface area contributed by atoms with E-state index in [-0.39, 0.29) is 29.6 Å². The van der Waals surface area contributed by atoms with Crippen LogP contribution in [0.15, 0.2) is 128 Å². The van der Waals surface area contributed by atoms with E-state index in [9.17, 15) is 4.39 Å². The quantitative estimate of drug-likeness (QED) is 0.185. The Balaban J connectivity index is 1.31. The highest BCUT2D eigenvalue weighted by atomic mass is 19.1. The molecule has 10 heteroatoms. The van der Waals surface area contributed by atoms with Crippen molar-refractivity contribution < 1.29 is 8.78 Å². The summed E-state index contributed by atoms with van der Waals surface area (Å²) in [6, 6.07) is 30.1. The first kappa shape index (κ1) is 27.9. The molecule has 4 aliphatic heterocycles. The summed E-state index contributed by atoms with van der Waals surface area (Å²) < 4.78 is 29.6. The van der Waals surface area contributed by atoms with Crippen LogP contribution in [0.5, 0.6) is 0 Å². The molecule has 0 spiro atoms. The van der Waals surface area contributed by atoms with Crippen LogP contribution in [-0.2, 0) is 0 Å². The van der Waals surface area contributed by atoms with E-state index >= 15 is 4.39 Å². The molecule has 4 unspecified atom stereocenters. The number of allylic oxidation sites excluding steroid dienone is 1. The summed E-state index contributed by atoms with van der Waals surface area (Å²) >= 11 is 0. The second kappa shape index (κ2) is 10.4. The third-order valence-corrected chi connectivity index (χ3v) is 10.2. The summed E-state index contributed by atoms with van der Waals surface area (Å²) in [5, 5.41) is 0. The molecule has 0 radical (unpaired) electrons. The highest BCUT2D eigenvalue weighted by Gasteiger charge is 2.59. The molecule has 6 heterocycles. The predicted octanol–water partition coefficient (Wildman–Crippen LogP) is 8.61. The second-order valence-corrected chi connectivity index (χ2v) is 12.7. The fraction of sp³-hybridized carbons (Fsp3) is 0.128. The number of fused-ring (bicyclic) bond motifs is 14. The van der Waals surface area contributed by atoms with Crippen molar-refractivity contribution in [1.29, 1.82) is 0 Å². The van der Waals surface area contributed by atoms with Gasteiger partial charge in [0.2, 0.25) is 0 Å². The number of halogens is 2. The summed E-state index contributed by atoms with van der Waals surface area (Å²) in [6.45, 7) is 4.58. The average Bonchev–Trinajstić information content (AvgIpc) is 3.65. The van der Waals surface area contributed by atoms with Gasteiger partial charge >= 0.3 is 0 Å². The molecule has 8 nitrogen and oxygen atoms in total. The fourth-order valence-electron chi connectivity index (χ4n) is 8.42. The van der Waals surface area contributed by atoms with E-state index in [4.69, 9.17) is 19.9 Å². The first-order valence-corrected chi connectivity index (χ1v) is 16.2. The van der Waals surface area contributed by atoms with Crippen LogP contribution < -0.4 is 19.6 Å². The first-order valence-electron chi connectivity index (χ1n) is 16.2. The molecule has 238 valence electrons. The maximum absolute atomic E-state index is 15.1. The standard InChI is InChI=1S/C39H28F2N8/c1-23-21-30-28-9-5-6-10-31(28)48-36-34(42-17-19-44-36)46(26-7-3-2-4-8-26)38(48)33(30)39-47(27-14-11-24(40)12-15-27)35-37(45-20-18-43-35)49(39)32-16-13-25(41)22-29(23)32/h2-20,22,30,33,38-39H,1,21H2. The maximum Gasteiger partial charge on any atom is 0.178 e. The molecular weight excluding hydrogens is 618 g/mol. The number of aromatic nitrogens is 4. The summed E-state index contributed by atoms with van der Waals surface area (Å²) in [7, 11) is 0. The van der Waals surface area contributed by atoms with Crippen molar-refractivity contribution in [2.24, 2.45) is 5.92 Å². The number of rotatable bonds is 2. The van der Waals surface area contributed by atoms with E-state index in [0.717, 1.165) is 51.1 Å². The van der Waals surface area contributed by atoms with Crippen molar-refractivity contribution in [3.63, 3.8) is 0 Å². The Morgan fingerprint density at radius 1 is 0.551 bits per heavy atom. The molecule has 6 aromatic rings. The van der Waals surface area contributed by atoms with Gasteiger partial charge in [0.15, 0.2) is 23.3 Å². The molecule has 4 aliphatic rings. The third kappa shape index (κ3) is 3.94. The van der Waals surface area contributed by atoms with Crippen molar-refractivity contribution in [1.82, 2.24) is 19.9 Å². The van der Waals surface area contributed by atoms with Crippen LogP contribution in [-0.4, -0.2) is 32.3 Å². The lowest BCUT2D eigenvalue weighted by Crippen LogP contribution is -2.60. The molecule has 0 N–H and O–H groups in total. The third-order valence-electron chi connectivity index (χ3n) is 10.2. The van der Waals surface area contributed by atoms with Gasteiger partial charge in [0, 0.05) is 59.2 Å². The number of nitrogens with zero attached hydrogens (tertiary/aromatic N) is 8. The number of para-hydroxylation sites is 2. The van der Waals surface area contributed by atoms with Crippen molar-refractivity contribution >= 4 is 51.6 Å². The summed E-state index contributed by atoms with van der Waals surface area (Å²) in [6.07, 6.45) is 6.62.